The summed E-state index contributed by atoms with van der Waals surface area (Å²) < 4.78 is 0. The highest BCUT2D eigenvalue weighted by Gasteiger charge is 2.50. The quantitative estimate of drug-likeness (QED) is 0.790. The van der Waals surface area contributed by atoms with Gasteiger partial charge in [-0.2, -0.15) is 0 Å². The standard InChI is InChI=1S/C19H28N4O.3ClH/c1-13(16-3-2-6-21-12-16)22-7-9-23(10-8-22)19(24)17-14-4-5-15(11-14)18(17)20;;;/h2-3,6,12-15,17-18H,4-5,7-11,20H2,1H3;3*1H. The Morgan fingerprint density at radius 2 is 1.81 bits per heavy atom. The number of halogens is 3. The molecule has 154 valence electrons. The Bertz CT molecular complexity index is 596. The summed E-state index contributed by atoms with van der Waals surface area (Å²) in [5, 5.41) is 0. The Labute approximate surface area is 180 Å². The Morgan fingerprint density at radius 3 is 2.37 bits per heavy atom. The van der Waals surface area contributed by atoms with Crippen molar-refractivity contribution in [2.45, 2.75) is 38.3 Å². The number of fused-ring (bicyclic) bond motifs is 2. The molecule has 27 heavy (non-hydrogen) atoms. The Morgan fingerprint density at radius 1 is 1.15 bits per heavy atom. The van der Waals surface area contributed by atoms with Crippen LogP contribution < -0.4 is 5.73 Å². The SMILES string of the molecule is CC(c1cccnc1)N1CCN(C(=O)C2C3CCC(C3)C2N)CC1.Cl.Cl.Cl. The molecule has 2 heterocycles. The molecule has 2 saturated carbocycles. The van der Waals surface area contributed by atoms with E-state index < -0.39 is 0 Å². The molecule has 4 rings (SSSR count). The van der Waals surface area contributed by atoms with E-state index in [4.69, 9.17) is 5.73 Å². The van der Waals surface area contributed by atoms with Gasteiger partial charge in [-0.3, -0.25) is 14.7 Å². The summed E-state index contributed by atoms with van der Waals surface area (Å²) in [7, 11) is 0. The minimum Gasteiger partial charge on any atom is -0.340 e. The first-order valence-corrected chi connectivity index (χ1v) is 9.33. The van der Waals surface area contributed by atoms with Crippen molar-refractivity contribution in [2.24, 2.45) is 23.5 Å². The predicted octanol–water partition coefficient (Wildman–Crippen LogP) is 2.93. The summed E-state index contributed by atoms with van der Waals surface area (Å²) in [6.45, 7) is 5.73. The molecule has 1 aliphatic heterocycles. The van der Waals surface area contributed by atoms with E-state index in [9.17, 15) is 4.79 Å². The molecule has 1 saturated heterocycles. The van der Waals surface area contributed by atoms with Gasteiger partial charge in [-0.15, -0.1) is 37.2 Å². The van der Waals surface area contributed by atoms with Crippen LogP contribution in [0.3, 0.4) is 0 Å². The fraction of sp³-hybridized carbons (Fsp3) is 0.684. The number of aromatic nitrogens is 1. The molecule has 3 aliphatic rings. The molecular formula is C19H31Cl3N4O. The molecule has 5 nitrogen and oxygen atoms in total. The zero-order valence-corrected chi connectivity index (χ0v) is 18.1. The van der Waals surface area contributed by atoms with Crippen LogP contribution >= 0.6 is 37.2 Å². The highest BCUT2D eigenvalue weighted by molar-refractivity contribution is 5.86. The summed E-state index contributed by atoms with van der Waals surface area (Å²) in [6.07, 6.45) is 7.36. The molecule has 1 aromatic heterocycles. The van der Waals surface area contributed by atoms with Gasteiger partial charge in [-0.25, -0.2) is 0 Å². The van der Waals surface area contributed by atoms with Crippen molar-refractivity contribution in [3.8, 4) is 0 Å². The second-order valence-electron chi connectivity index (χ2n) is 7.76. The maximum absolute atomic E-state index is 13.0. The molecule has 3 fully saturated rings. The topological polar surface area (TPSA) is 62.5 Å². The number of carbonyl (C=O) groups is 1. The van der Waals surface area contributed by atoms with Crippen molar-refractivity contribution in [3.05, 3.63) is 30.1 Å². The van der Waals surface area contributed by atoms with Gasteiger partial charge < -0.3 is 10.6 Å². The molecule has 2 N–H and O–H groups in total. The van der Waals surface area contributed by atoms with Gasteiger partial charge in [0.25, 0.3) is 0 Å². The number of piperazine rings is 1. The summed E-state index contributed by atoms with van der Waals surface area (Å²) >= 11 is 0. The molecule has 0 spiro atoms. The maximum Gasteiger partial charge on any atom is 0.227 e. The molecule has 1 amide bonds. The lowest BCUT2D eigenvalue weighted by Gasteiger charge is -2.40. The van der Waals surface area contributed by atoms with Gasteiger partial charge in [0.05, 0.1) is 5.92 Å². The van der Waals surface area contributed by atoms with Crippen LogP contribution in [0.5, 0.6) is 0 Å². The van der Waals surface area contributed by atoms with Crippen molar-refractivity contribution in [1.82, 2.24) is 14.8 Å². The van der Waals surface area contributed by atoms with Crippen LogP contribution in [-0.2, 0) is 4.79 Å². The average molecular weight is 438 g/mol. The van der Waals surface area contributed by atoms with E-state index in [1.165, 1.54) is 24.8 Å². The lowest BCUT2D eigenvalue weighted by atomic mass is 9.84. The number of rotatable bonds is 3. The zero-order valence-electron chi connectivity index (χ0n) is 15.7. The third kappa shape index (κ3) is 4.70. The number of pyridine rings is 1. The van der Waals surface area contributed by atoms with E-state index in [2.05, 4.69) is 27.8 Å². The van der Waals surface area contributed by atoms with E-state index in [-0.39, 0.29) is 49.2 Å². The minimum atomic E-state index is 0. The number of nitrogens with two attached hydrogens (primary N) is 1. The van der Waals surface area contributed by atoms with Gasteiger partial charge in [0.15, 0.2) is 0 Å². The van der Waals surface area contributed by atoms with E-state index in [0.717, 1.165) is 26.2 Å². The molecule has 0 aromatic carbocycles. The van der Waals surface area contributed by atoms with Crippen LogP contribution in [0.25, 0.3) is 0 Å². The lowest BCUT2D eigenvalue weighted by molar-refractivity contribution is -0.139. The third-order valence-electron chi connectivity index (χ3n) is 6.61. The van der Waals surface area contributed by atoms with E-state index in [0.29, 0.717) is 23.8 Å². The van der Waals surface area contributed by atoms with Gasteiger partial charge >= 0.3 is 0 Å². The van der Waals surface area contributed by atoms with Crippen molar-refractivity contribution in [1.29, 1.82) is 0 Å². The first kappa shape index (κ1) is 24.4. The number of carbonyl (C=O) groups excluding carboxylic acids is 1. The van der Waals surface area contributed by atoms with Crippen LogP contribution in [0, 0.1) is 17.8 Å². The predicted molar refractivity (Wildman–Crippen MR) is 115 cm³/mol. The van der Waals surface area contributed by atoms with Crippen LogP contribution in [0.2, 0.25) is 0 Å². The van der Waals surface area contributed by atoms with E-state index in [1.807, 2.05) is 18.5 Å². The smallest absolute Gasteiger partial charge is 0.227 e. The molecule has 0 radical (unpaired) electrons. The highest BCUT2D eigenvalue weighted by atomic mass is 35.5. The first-order valence-electron chi connectivity index (χ1n) is 9.33. The Hall–Kier alpha value is -0.590. The van der Waals surface area contributed by atoms with E-state index in [1.54, 1.807) is 0 Å². The molecule has 8 heteroatoms. The summed E-state index contributed by atoms with van der Waals surface area (Å²) in [5.41, 5.74) is 7.60. The number of nitrogens with zero attached hydrogens (tertiary/aromatic N) is 3. The molecule has 2 aliphatic carbocycles. The molecule has 5 atom stereocenters. The Balaban J connectivity index is 0.00000121. The van der Waals surface area contributed by atoms with Gasteiger partial charge in [-0.05, 0) is 49.7 Å². The monoisotopic (exact) mass is 436 g/mol. The molecule has 2 bridgehead atoms. The van der Waals surface area contributed by atoms with Crippen LogP contribution in [0.1, 0.15) is 37.8 Å². The minimum absolute atomic E-state index is 0. The van der Waals surface area contributed by atoms with Crippen LogP contribution in [0.15, 0.2) is 24.5 Å². The van der Waals surface area contributed by atoms with Crippen molar-refractivity contribution >= 4 is 43.1 Å². The van der Waals surface area contributed by atoms with Gasteiger partial charge in [0, 0.05) is 50.7 Å². The number of hydrogen-bond donors (Lipinski definition) is 1. The van der Waals surface area contributed by atoms with Crippen molar-refractivity contribution in [3.63, 3.8) is 0 Å². The fourth-order valence-electron chi connectivity index (χ4n) is 5.08. The Kier molecular flexibility index (Phi) is 9.29. The van der Waals surface area contributed by atoms with Crippen molar-refractivity contribution < 1.29 is 4.79 Å². The summed E-state index contributed by atoms with van der Waals surface area (Å²) in [5.74, 6) is 1.55. The fourth-order valence-corrected chi connectivity index (χ4v) is 5.08. The third-order valence-corrected chi connectivity index (χ3v) is 6.61. The van der Waals surface area contributed by atoms with E-state index >= 15 is 0 Å². The normalized spacial score (nSPS) is 30.7. The largest absolute Gasteiger partial charge is 0.340 e. The van der Waals surface area contributed by atoms with Crippen molar-refractivity contribution in [2.75, 3.05) is 26.2 Å². The van der Waals surface area contributed by atoms with Crippen LogP contribution in [0.4, 0.5) is 0 Å². The second-order valence-corrected chi connectivity index (χ2v) is 7.76. The lowest BCUT2D eigenvalue weighted by Crippen LogP contribution is -2.54. The molecule has 1 aromatic rings. The van der Waals surface area contributed by atoms with Crippen LogP contribution in [-0.4, -0.2) is 52.9 Å². The van der Waals surface area contributed by atoms with Gasteiger partial charge in [0.1, 0.15) is 0 Å². The molecule has 5 unspecified atom stereocenters. The average Bonchev–Trinajstić information content (AvgIpc) is 3.23. The zero-order chi connectivity index (χ0) is 16.7. The number of amides is 1. The first-order chi connectivity index (χ1) is 11.6. The van der Waals surface area contributed by atoms with Gasteiger partial charge in [-0.1, -0.05) is 6.07 Å². The summed E-state index contributed by atoms with van der Waals surface area (Å²) in [4.78, 5) is 21.7. The summed E-state index contributed by atoms with van der Waals surface area (Å²) in [6, 6.07) is 4.57. The highest BCUT2D eigenvalue weighted by Crippen LogP contribution is 2.48. The van der Waals surface area contributed by atoms with Gasteiger partial charge in [0.2, 0.25) is 5.91 Å². The molecular weight excluding hydrogens is 407 g/mol. The second kappa shape index (κ2) is 10.3. The number of hydrogen-bond acceptors (Lipinski definition) is 4. The maximum atomic E-state index is 13.0.